The molecule has 0 saturated carbocycles. The molecule has 0 unspecified atom stereocenters. The first-order valence-electron chi connectivity index (χ1n) is 11.1. The summed E-state index contributed by atoms with van der Waals surface area (Å²) in [5.41, 5.74) is 7.15. The molecule has 1 aliphatic rings. The van der Waals surface area contributed by atoms with E-state index in [0.29, 0.717) is 17.5 Å². The maximum absolute atomic E-state index is 12.0. The number of hydrogen-bond donors (Lipinski definition) is 1. The number of rotatable bonds is 4. The maximum Gasteiger partial charge on any atom is 0.291 e. The molecule has 5 aromatic rings. The number of thioether (sulfide) groups is 1. The summed E-state index contributed by atoms with van der Waals surface area (Å²) in [5.74, 6) is 0. The van der Waals surface area contributed by atoms with Crippen LogP contribution < -0.4 is 5.32 Å². The number of fused-ring (bicyclic) bond motifs is 3. The van der Waals surface area contributed by atoms with Crippen molar-refractivity contribution in [1.82, 2.24) is 9.88 Å². The third-order valence-electron chi connectivity index (χ3n) is 6.15. The van der Waals surface area contributed by atoms with Crippen LogP contribution in [0.15, 0.2) is 103 Å². The molecule has 0 aliphatic carbocycles. The van der Waals surface area contributed by atoms with Crippen molar-refractivity contribution in [1.29, 1.82) is 0 Å². The number of benzene rings is 4. The van der Waals surface area contributed by atoms with E-state index >= 15 is 0 Å². The van der Waals surface area contributed by atoms with Gasteiger partial charge in [0.15, 0.2) is 0 Å². The van der Waals surface area contributed by atoms with Gasteiger partial charge in [-0.2, -0.15) is 0 Å². The molecule has 1 amide bonds. The van der Waals surface area contributed by atoms with Crippen LogP contribution in [0.2, 0.25) is 0 Å². The maximum atomic E-state index is 12.0. The molecule has 1 aromatic heterocycles. The average Bonchev–Trinajstić information content (AvgIpc) is 3.35. The second-order valence-corrected chi connectivity index (χ2v) is 9.25. The Hall–Kier alpha value is -4.09. The van der Waals surface area contributed by atoms with Gasteiger partial charge in [-0.25, -0.2) is 0 Å². The molecule has 4 nitrogen and oxygen atoms in total. The van der Waals surface area contributed by atoms with Crippen molar-refractivity contribution in [2.45, 2.75) is 6.54 Å². The highest BCUT2D eigenvalue weighted by Crippen LogP contribution is 2.32. The predicted octanol–water partition coefficient (Wildman–Crippen LogP) is 6.83. The number of hydrogen-bond acceptors (Lipinski definition) is 3. The first-order valence-corrected chi connectivity index (χ1v) is 11.9. The summed E-state index contributed by atoms with van der Waals surface area (Å²) in [6, 6.07) is 33.7. The summed E-state index contributed by atoms with van der Waals surface area (Å²) in [6.45, 7) is 0.755. The molecule has 4 aromatic carbocycles. The molecule has 6 rings (SSSR count). The van der Waals surface area contributed by atoms with Crippen molar-refractivity contribution in [2.75, 3.05) is 0 Å². The lowest BCUT2D eigenvalue weighted by Crippen LogP contribution is -2.10. The summed E-state index contributed by atoms with van der Waals surface area (Å²) < 4.78 is 2.33. The van der Waals surface area contributed by atoms with E-state index in [-0.39, 0.29) is 10.4 Å². The van der Waals surface area contributed by atoms with Gasteiger partial charge in [0.05, 0.1) is 5.70 Å². The number of amides is 1. The van der Waals surface area contributed by atoms with Crippen LogP contribution in [0.3, 0.4) is 0 Å². The van der Waals surface area contributed by atoms with Crippen LogP contribution in [0, 0.1) is 0 Å². The van der Waals surface area contributed by atoms with E-state index in [1.165, 1.54) is 16.7 Å². The smallest absolute Gasteiger partial charge is 0.291 e. The van der Waals surface area contributed by atoms with Crippen LogP contribution in [-0.4, -0.2) is 14.9 Å². The van der Waals surface area contributed by atoms with Gasteiger partial charge in [-0.15, -0.1) is 0 Å². The quantitative estimate of drug-likeness (QED) is 0.299. The molecule has 0 bridgehead atoms. The lowest BCUT2D eigenvalue weighted by atomic mass is 10.0. The standard InChI is InChI=1S/C29H20N2O2S/c32-28-25(30-29(33)34-28)17-20-12-15-27-24(16-20)23-8-4-5-9-26(23)31(27)18-19-10-13-22(14-11-19)21-6-2-1-3-7-21/h1-17H,18H2,(H,30,33). The van der Waals surface area contributed by atoms with Crippen molar-refractivity contribution >= 4 is 50.0 Å². The van der Waals surface area contributed by atoms with E-state index in [0.717, 1.165) is 33.9 Å². The molecule has 164 valence electrons. The second-order valence-electron chi connectivity index (χ2n) is 8.30. The highest BCUT2D eigenvalue weighted by molar-refractivity contribution is 8.27. The minimum absolute atomic E-state index is 0.244. The number of aromatic nitrogens is 1. The lowest BCUT2D eigenvalue weighted by Gasteiger charge is -2.09. The normalized spacial score (nSPS) is 14.9. The zero-order valence-corrected chi connectivity index (χ0v) is 19.0. The van der Waals surface area contributed by atoms with Crippen molar-refractivity contribution in [2.24, 2.45) is 0 Å². The zero-order chi connectivity index (χ0) is 23.1. The Morgan fingerprint density at radius 3 is 2.21 bits per heavy atom. The Morgan fingerprint density at radius 1 is 0.735 bits per heavy atom. The third kappa shape index (κ3) is 3.70. The summed E-state index contributed by atoms with van der Waals surface area (Å²) in [6.07, 6.45) is 1.74. The number of carbonyl (C=O) groups is 2. The fraction of sp³-hybridized carbons (Fsp3) is 0.0345. The summed E-state index contributed by atoms with van der Waals surface area (Å²) >= 11 is 0.697. The van der Waals surface area contributed by atoms with Gasteiger partial charge in [0.1, 0.15) is 0 Å². The Morgan fingerprint density at radius 2 is 1.44 bits per heavy atom. The number of nitrogens with zero attached hydrogens (tertiary/aromatic N) is 1. The van der Waals surface area contributed by atoms with Crippen molar-refractivity contribution in [3.63, 3.8) is 0 Å². The van der Waals surface area contributed by atoms with Crippen LogP contribution in [-0.2, 0) is 11.3 Å². The number of para-hydroxylation sites is 1. The molecular weight excluding hydrogens is 440 g/mol. The zero-order valence-electron chi connectivity index (χ0n) is 18.2. The minimum atomic E-state index is -0.327. The van der Waals surface area contributed by atoms with Gasteiger partial charge in [0.25, 0.3) is 5.24 Å². The summed E-state index contributed by atoms with van der Waals surface area (Å²) in [5, 5.41) is 4.33. The molecule has 1 saturated heterocycles. The molecule has 5 heteroatoms. The van der Waals surface area contributed by atoms with Crippen LogP contribution in [0.4, 0.5) is 4.79 Å². The highest BCUT2D eigenvalue weighted by Gasteiger charge is 2.25. The highest BCUT2D eigenvalue weighted by atomic mass is 32.2. The van der Waals surface area contributed by atoms with Crippen molar-refractivity contribution in [3.05, 3.63) is 114 Å². The van der Waals surface area contributed by atoms with Gasteiger partial charge in [-0.05, 0) is 46.5 Å². The van der Waals surface area contributed by atoms with E-state index in [2.05, 4.69) is 88.7 Å². The largest absolute Gasteiger partial charge is 0.336 e. The van der Waals surface area contributed by atoms with Crippen molar-refractivity contribution in [3.8, 4) is 11.1 Å². The van der Waals surface area contributed by atoms with E-state index in [1.807, 2.05) is 18.2 Å². The second kappa shape index (κ2) is 8.36. The van der Waals surface area contributed by atoms with E-state index in [4.69, 9.17) is 0 Å². The topological polar surface area (TPSA) is 51.1 Å². The van der Waals surface area contributed by atoms with Gasteiger partial charge in [0.2, 0.25) is 5.12 Å². The Kier molecular flexibility index (Phi) is 5.04. The molecule has 1 N–H and O–H groups in total. The monoisotopic (exact) mass is 460 g/mol. The van der Waals surface area contributed by atoms with Crippen LogP contribution >= 0.6 is 11.8 Å². The third-order valence-corrected chi connectivity index (χ3v) is 6.84. The van der Waals surface area contributed by atoms with Crippen LogP contribution in [0.1, 0.15) is 11.1 Å². The Balaban J connectivity index is 1.39. The summed E-state index contributed by atoms with van der Waals surface area (Å²) in [4.78, 5) is 23.5. The minimum Gasteiger partial charge on any atom is -0.336 e. The molecule has 0 spiro atoms. The first-order chi connectivity index (χ1) is 16.7. The number of carbonyl (C=O) groups excluding carboxylic acids is 2. The van der Waals surface area contributed by atoms with Gasteiger partial charge < -0.3 is 9.88 Å². The average molecular weight is 461 g/mol. The first kappa shape index (κ1) is 20.5. The van der Waals surface area contributed by atoms with Gasteiger partial charge in [0, 0.05) is 40.1 Å². The fourth-order valence-corrected chi connectivity index (χ4v) is 5.08. The van der Waals surface area contributed by atoms with E-state index in [9.17, 15) is 9.59 Å². The Bertz CT molecular complexity index is 1600. The molecule has 0 radical (unpaired) electrons. The van der Waals surface area contributed by atoms with Gasteiger partial charge >= 0.3 is 0 Å². The molecule has 1 aliphatic heterocycles. The van der Waals surface area contributed by atoms with E-state index < -0.39 is 0 Å². The molecule has 34 heavy (non-hydrogen) atoms. The lowest BCUT2D eigenvalue weighted by molar-refractivity contribution is -0.107. The van der Waals surface area contributed by atoms with Crippen LogP contribution in [0.5, 0.6) is 0 Å². The van der Waals surface area contributed by atoms with Crippen molar-refractivity contribution < 1.29 is 9.59 Å². The Labute approximate surface area is 200 Å². The van der Waals surface area contributed by atoms with Gasteiger partial charge in [-0.1, -0.05) is 78.9 Å². The summed E-state index contributed by atoms with van der Waals surface area (Å²) in [7, 11) is 0. The molecular formula is C29H20N2O2S. The molecule has 0 atom stereocenters. The van der Waals surface area contributed by atoms with Gasteiger partial charge in [-0.3, -0.25) is 9.59 Å². The van der Waals surface area contributed by atoms with Crippen LogP contribution in [0.25, 0.3) is 39.0 Å². The van der Waals surface area contributed by atoms with E-state index in [1.54, 1.807) is 6.08 Å². The fourth-order valence-electron chi connectivity index (χ4n) is 4.53. The predicted molar refractivity (Wildman–Crippen MR) is 140 cm³/mol. The number of nitrogens with one attached hydrogen (secondary N) is 1. The molecule has 1 fully saturated rings. The molecule has 2 heterocycles. The SMILES string of the molecule is O=C1NC(=Cc2ccc3c(c2)c2ccccc2n3Cc2ccc(-c3ccccc3)cc2)C(=O)S1.